The van der Waals surface area contributed by atoms with E-state index >= 15 is 0 Å². The van der Waals surface area contributed by atoms with Crippen LogP contribution in [0.4, 0.5) is 0 Å². The van der Waals surface area contributed by atoms with Gasteiger partial charge in [0.25, 0.3) is 5.91 Å². The predicted octanol–water partition coefficient (Wildman–Crippen LogP) is 3.15. The van der Waals surface area contributed by atoms with Gasteiger partial charge in [-0.25, -0.2) is 0 Å². The van der Waals surface area contributed by atoms with Crippen molar-refractivity contribution in [3.8, 4) is 11.5 Å². The summed E-state index contributed by atoms with van der Waals surface area (Å²) < 4.78 is 5.94. The zero-order valence-corrected chi connectivity index (χ0v) is 12.5. The van der Waals surface area contributed by atoms with Gasteiger partial charge in [0, 0.05) is 15.4 Å². The highest BCUT2D eigenvalue weighted by atomic mass is 79.9. The molecule has 2 rings (SSSR count). The molecule has 0 aliphatic carbocycles. The maximum atomic E-state index is 11.9. The minimum absolute atomic E-state index is 0.0953. The maximum Gasteiger partial charge on any atom is 0.255 e. The van der Waals surface area contributed by atoms with Gasteiger partial charge < -0.3 is 15.2 Å². The number of amides is 1. The van der Waals surface area contributed by atoms with Crippen molar-refractivity contribution in [1.29, 1.82) is 0 Å². The zero-order chi connectivity index (χ0) is 13.8. The summed E-state index contributed by atoms with van der Waals surface area (Å²) in [6.07, 6.45) is 0. The number of carbonyl (C=O) groups is 1. The first-order valence-corrected chi connectivity index (χ1v) is 7.16. The molecule has 0 aliphatic rings. The number of rotatable bonds is 4. The molecule has 6 heteroatoms. The Bertz CT molecular complexity index is 597. The average molecular weight is 342 g/mol. The molecule has 2 aromatic rings. The van der Waals surface area contributed by atoms with Gasteiger partial charge in [0.1, 0.15) is 11.5 Å². The topological polar surface area (TPSA) is 58.6 Å². The van der Waals surface area contributed by atoms with Gasteiger partial charge in [-0.2, -0.15) is 0 Å². The van der Waals surface area contributed by atoms with Gasteiger partial charge in [-0.15, -0.1) is 11.3 Å². The van der Waals surface area contributed by atoms with Crippen LogP contribution in [0.5, 0.6) is 11.5 Å². The molecular weight excluding hydrogens is 330 g/mol. The third-order valence-electron chi connectivity index (χ3n) is 2.55. The Hall–Kier alpha value is -1.53. The fourth-order valence-electron chi connectivity index (χ4n) is 1.54. The van der Waals surface area contributed by atoms with E-state index in [9.17, 15) is 9.90 Å². The van der Waals surface area contributed by atoms with Crippen LogP contribution in [0.2, 0.25) is 0 Å². The summed E-state index contributed by atoms with van der Waals surface area (Å²) in [6, 6.07) is 6.51. The van der Waals surface area contributed by atoms with Gasteiger partial charge in [-0.3, -0.25) is 4.79 Å². The van der Waals surface area contributed by atoms with Crippen LogP contribution in [-0.2, 0) is 6.54 Å². The van der Waals surface area contributed by atoms with Gasteiger partial charge in [0.2, 0.25) is 0 Å². The van der Waals surface area contributed by atoms with Gasteiger partial charge in [-0.05, 0) is 39.5 Å². The first-order chi connectivity index (χ1) is 9.11. The number of carbonyl (C=O) groups excluding carboxylic acids is 1. The van der Waals surface area contributed by atoms with Gasteiger partial charge in [-0.1, -0.05) is 0 Å². The molecule has 0 saturated carbocycles. The number of ether oxygens (including phenoxy) is 1. The van der Waals surface area contributed by atoms with Crippen LogP contribution in [0.25, 0.3) is 0 Å². The third-order valence-corrected chi connectivity index (χ3v) is 4.48. The summed E-state index contributed by atoms with van der Waals surface area (Å²) in [5.74, 6) is 0.0950. The van der Waals surface area contributed by atoms with E-state index in [1.807, 2.05) is 11.4 Å². The number of methoxy groups -OCH3 is 1. The molecule has 2 N–H and O–H groups in total. The number of aromatic hydroxyl groups is 1. The van der Waals surface area contributed by atoms with Crippen molar-refractivity contribution >= 4 is 33.2 Å². The summed E-state index contributed by atoms with van der Waals surface area (Å²) in [4.78, 5) is 13.0. The van der Waals surface area contributed by atoms with E-state index in [0.29, 0.717) is 12.3 Å². The number of phenols is 1. The second-order valence-electron chi connectivity index (χ2n) is 3.76. The molecule has 0 bridgehead atoms. The second-order valence-corrected chi connectivity index (χ2v) is 5.61. The predicted molar refractivity (Wildman–Crippen MR) is 77.8 cm³/mol. The Morgan fingerprint density at radius 1 is 1.47 bits per heavy atom. The number of halogens is 1. The number of hydrogen-bond donors (Lipinski definition) is 2. The quantitative estimate of drug-likeness (QED) is 0.897. The number of nitrogens with one attached hydrogen (secondary N) is 1. The summed E-state index contributed by atoms with van der Waals surface area (Å²) in [7, 11) is 1.50. The van der Waals surface area contributed by atoms with Crippen molar-refractivity contribution in [3.63, 3.8) is 0 Å². The van der Waals surface area contributed by atoms with Crippen molar-refractivity contribution in [3.05, 3.63) is 44.6 Å². The van der Waals surface area contributed by atoms with Crippen LogP contribution < -0.4 is 10.1 Å². The third kappa shape index (κ3) is 3.27. The molecule has 1 heterocycles. The average Bonchev–Trinajstić information content (AvgIpc) is 2.81. The van der Waals surface area contributed by atoms with E-state index in [0.717, 1.165) is 9.35 Å². The number of thiophene rings is 1. The Kier molecular flexibility index (Phi) is 4.44. The van der Waals surface area contributed by atoms with Crippen molar-refractivity contribution in [2.45, 2.75) is 6.54 Å². The normalized spacial score (nSPS) is 10.2. The standard InChI is InChI=1S/C13H12BrNO3S/c1-18-8-2-3-9(11(16)6-8)13(17)15-7-12-10(14)4-5-19-12/h2-6,16H,7H2,1H3,(H,15,17). The highest BCUT2D eigenvalue weighted by Gasteiger charge is 2.12. The largest absolute Gasteiger partial charge is 0.507 e. The molecule has 19 heavy (non-hydrogen) atoms. The van der Waals surface area contributed by atoms with E-state index in [1.165, 1.54) is 19.2 Å². The summed E-state index contributed by atoms with van der Waals surface area (Å²) >= 11 is 4.95. The molecular formula is C13H12BrNO3S. The highest BCUT2D eigenvalue weighted by molar-refractivity contribution is 9.10. The smallest absolute Gasteiger partial charge is 0.255 e. The fourth-order valence-corrected chi connectivity index (χ4v) is 2.97. The van der Waals surface area contributed by atoms with E-state index in [-0.39, 0.29) is 17.2 Å². The summed E-state index contributed by atoms with van der Waals surface area (Å²) in [6.45, 7) is 0.419. The molecule has 1 aromatic carbocycles. The lowest BCUT2D eigenvalue weighted by Crippen LogP contribution is -2.22. The Morgan fingerprint density at radius 2 is 2.26 bits per heavy atom. The van der Waals surface area contributed by atoms with E-state index in [2.05, 4.69) is 21.2 Å². The molecule has 100 valence electrons. The minimum atomic E-state index is -0.319. The van der Waals surface area contributed by atoms with E-state index in [1.54, 1.807) is 17.4 Å². The van der Waals surface area contributed by atoms with Crippen LogP contribution in [0, 0.1) is 0 Å². The van der Waals surface area contributed by atoms with Crippen LogP contribution in [-0.4, -0.2) is 18.1 Å². The molecule has 1 aromatic heterocycles. The van der Waals surface area contributed by atoms with Crippen molar-refractivity contribution < 1.29 is 14.6 Å². The first-order valence-electron chi connectivity index (χ1n) is 5.49. The van der Waals surface area contributed by atoms with Crippen LogP contribution in [0.15, 0.2) is 34.1 Å². The van der Waals surface area contributed by atoms with Gasteiger partial charge in [0.05, 0.1) is 19.2 Å². The Morgan fingerprint density at radius 3 is 2.84 bits per heavy atom. The molecule has 0 spiro atoms. The highest BCUT2D eigenvalue weighted by Crippen LogP contribution is 2.24. The second kappa shape index (κ2) is 6.08. The summed E-state index contributed by atoms with van der Waals surface area (Å²) in [5.41, 5.74) is 0.230. The van der Waals surface area contributed by atoms with E-state index in [4.69, 9.17) is 4.74 Å². The lowest BCUT2D eigenvalue weighted by molar-refractivity contribution is 0.0948. The van der Waals surface area contributed by atoms with E-state index < -0.39 is 0 Å². The van der Waals surface area contributed by atoms with Crippen molar-refractivity contribution in [2.24, 2.45) is 0 Å². The molecule has 1 amide bonds. The van der Waals surface area contributed by atoms with Crippen LogP contribution >= 0.6 is 27.3 Å². The fraction of sp³-hybridized carbons (Fsp3) is 0.154. The van der Waals surface area contributed by atoms with Crippen LogP contribution in [0.3, 0.4) is 0 Å². The summed E-state index contributed by atoms with van der Waals surface area (Å²) in [5, 5.41) is 14.5. The molecule has 0 saturated heterocycles. The molecule has 4 nitrogen and oxygen atoms in total. The van der Waals surface area contributed by atoms with Crippen molar-refractivity contribution in [2.75, 3.05) is 7.11 Å². The number of phenolic OH excluding ortho intramolecular Hbond substituents is 1. The molecule has 0 aliphatic heterocycles. The minimum Gasteiger partial charge on any atom is -0.507 e. The first kappa shape index (κ1) is 13.9. The maximum absolute atomic E-state index is 11.9. The van der Waals surface area contributed by atoms with Gasteiger partial charge >= 0.3 is 0 Å². The molecule has 0 unspecified atom stereocenters. The number of hydrogen-bond acceptors (Lipinski definition) is 4. The van der Waals surface area contributed by atoms with Gasteiger partial charge in [0.15, 0.2) is 0 Å². The lowest BCUT2D eigenvalue weighted by Gasteiger charge is -2.07. The SMILES string of the molecule is COc1ccc(C(=O)NCc2sccc2Br)c(O)c1. The molecule has 0 radical (unpaired) electrons. The Balaban J connectivity index is 2.06. The zero-order valence-electron chi connectivity index (χ0n) is 10.1. The monoisotopic (exact) mass is 341 g/mol. The molecule has 0 atom stereocenters. The lowest BCUT2D eigenvalue weighted by atomic mass is 10.2. The Labute approximate surface area is 123 Å². The van der Waals surface area contributed by atoms with Crippen molar-refractivity contribution in [1.82, 2.24) is 5.32 Å². The number of benzene rings is 1. The van der Waals surface area contributed by atoms with Crippen LogP contribution in [0.1, 0.15) is 15.2 Å². The molecule has 0 fully saturated rings.